The summed E-state index contributed by atoms with van der Waals surface area (Å²) < 4.78 is 0. The zero-order chi connectivity index (χ0) is 21.8. The summed E-state index contributed by atoms with van der Waals surface area (Å²) >= 11 is 0. The lowest BCUT2D eigenvalue weighted by Crippen LogP contribution is -2.51. The van der Waals surface area contributed by atoms with Crippen molar-refractivity contribution in [3.63, 3.8) is 0 Å². The predicted molar refractivity (Wildman–Crippen MR) is 120 cm³/mol. The van der Waals surface area contributed by atoms with Gasteiger partial charge in [-0.15, -0.1) is 0 Å². The first-order valence-electron chi connectivity index (χ1n) is 10.4. The number of piperidine rings is 1. The molecule has 9 nitrogen and oxygen atoms in total. The minimum Gasteiger partial charge on any atom is -0.376 e. The van der Waals surface area contributed by atoms with Gasteiger partial charge < -0.3 is 20.5 Å². The lowest BCUT2D eigenvalue weighted by atomic mass is 10.1. The number of carbonyl (C=O) groups is 2. The van der Waals surface area contributed by atoms with Gasteiger partial charge in [0.05, 0.1) is 18.0 Å². The quantitative estimate of drug-likeness (QED) is 0.561. The van der Waals surface area contributed by atoms with E-state index in [0.29, 0.717) is 23.6 Å². The summed E-state index contributed by atoms with van der Waals surface area (Å²) in [5.41, 5.74) is 1.99. The van der Waals surface area contributed by atoms with Gasteiger partial charge in [0, 0.05) is 38.1 Å². The van der Waals surface area contributed by atoms with Gasteiger partial charge in [-0.05, 0) is 43.7 Å². The summed E-state index contributed by atoms with van der Waals surface area (Å²) in [6, 6.07) is 9.08. The molecule has 2 amide bonds. The van der Waals surface area contributed by atoms with Crippen molar-refractivity contribution in [2.45, 2.75) is 18.9 Å². The van der Waals surface area contributed by atoms with Crippen LogP contribution >= 0.6 is 0 Å². The molecule has 1 atom stereocenters. The molecule has 31 heavy (non-hydrogen) atoms. The number of aromatic amines is 1. The summed E-state index contributed by atoms with van der Waals surface area (Å²) in [5.74, 6) is 0.447. The van der Waals surface area contributed by atoms with Crippen molar-refractivity contribution in [1.82, 2.24) is 25.2 Å². The molecule has 1 saturated heterocycles. The zero-order valence-corrected chi connectivity index (χ0v) is 17.8. The number of nitrogens with zero attached hydrogens (tertiary/aromatic N) is 4. The standard InChI is InChI=1S/C22H27N7O2/c1-28(2)22(31)15-5-3-6-16(11-15)25-13-19(30)29(17-7-4-9-23-12-17)21-18-8-10-24-20(18)26-14-27-21/h3,5-6,8,10-11,14,17,23,25H,4,7,9,12-13H2,1-2H3,(H,24,26,27). The molecule has 0 aliphatic carbocycles. The Bertz CT molecular complexity index is 1070. The molecule has 4 rings (SSSR count). The van der Waals surface area contributed by atoms with Crippen LogP contribution in [0.5, 0.6) is 0 Å². The Kier molecular flexibility index (Phi) is 6.13. The Morgan fingerprint density at radius 3 is 2.87 bits per heavy atom. The average molecular weight is 422 g/mol. The van der Waals surface area contributed by atoms with Gasteiger partial charge in [0.1, 0.15) is 17.8 Å². The van der Waals surface area contributed by atoms with Gasteiger partial charge in [-0.25, -0.2) is 9.97 Å². The van der Waals surface area contributed by atoms with Gasteiger partial charge in [0.2, 0.25) is 5.91 Å². The van der Waals surface area contributed by atoms with E-state index in [1.165, 1.54) is 11.2 Å². The number of aromatic nitrogens is 3. The summed E-state index contributed by atoms with van der Waals surface area (Å²) in [6.45, 7) is 1.76. The van der Waals surface area contributed by atoms with Gasteiger partial charge in [-0.1, -0.05) is 6.07 Å². The first-order valence-corrected chi connectivity index (χ1v) is 10.4. The lowest BCUT2D eigenvalue weighted by molar-refractivity contribution is -0.117. The molecule has 0 saturated carbocycles. The van der Waals surface area contributed by atoms with Crippen LogP contribution in [0.2, 0.25) is 0 Å². The number of amides is 2. The van der Waals surface area contributed by atoms with Crippen LogP contribution in [-0.2, 0) is 4.79 Å². The van der Waals surface area contributed by atoms with E-state index in [0.717, 1.165) is 30.5 Å². The molecule has 0 spiro atoms. The number of hydrogen-bond donors (Lipinski definition) is 3. The van der Waals surface area contributed by atoms with Crippen LogP contribution in [0.3, 0.4) is 0 Å². The van der Waals surface area contributed by atoms with Gasteiger partial charge in [-0.3, -0.25) is 14.5 Å². The Morgan fingerprint density at radius 1 is 1.23 bits per heavy atom. The van der Waals surface area contributed by atoms with Crippen molar-refractivity contribution in [2.24, 2.45) is 0 Å². The number of carbonyl (C=O) groups excluding carboxylic acids is 2. The Morgan fingerprint density at radius 2 is 2.10 bits per heavy atom. The van der Waals surface area contributed by atoms with Crippen molar-refractivity contribution >= 4 is 34.4 Å². The zero-order valence-electron chi connectivity index (χ0n) is 17.8. The molecule has 3 aromatic rings. The van der Waals surface area contributed by atoms with Crippen LogP contribution in [0.15, 0.2) is 42.9 Å². The normalized spacial score (nSPS) is 16.1. The van der Waals surface area contributed by atoms with E-state index in [9.17, 15) is 9.59 Å². The Balaban J connectivity index is 1.56. The smallest absolute Gasteiger partial charge is 0.253 e. The molecule has 0 bridgehead atoms. The minimum atomic E-state index is -0.0840. The topological polar surface area (TPSA) is 106 Å². The Labute approximate surface area is 180 Å². The first kappa shape index (κ1) is 20.8. The van der Waals surface area contributed by atoms with Crippen molar-refractivity contribution in [3.8, 4) is 0 Å². The summed E-state index contributed by atoms with van der Waals surface area (Å²) in [6.07, 6.45) is 5.18. The van der Waals surface area contributed by atoms with Crippen molar-refractivity contribution in [2.75, 3.05) is 43.9 Å². The summed E-state index contributed by atoms with van der Waals surface area (Å²) in [7, 11) is 3.43. The van der Waals surface area contributed by atoms with Crippen LogP contribution in [-0.4, -0.2) is 71.4 Å². The summed E-state index contributed by atoms with van der Waals surface area (Å²) in [5, 5.41) is 7.37. The fourth-order valence-electron chi connectivity index (χ4n) is 3.88. The largest absolute Gasteiger partial charge is 0.376 e. The van der Waals surface area contributed by atoms with Crippen LogP contribution in [0.25, 0.3) is 11.0 Å². The molecule has 3 heterocycles. The molecule has 3 N–H and O–H groups in total. The molecule has 0 radical (unpaired) electrons. The van der Waals surface area contributed by atoms with E-state index in [-0.39, 0.29) is 24.4 Å². The van der Waals surface area contributed by atoms with Gasteiger partial charge >= 0.3 is 0 Å². The lowest BCUT2D eigenvalue weighted by Gasteiger charge is -2.34. The molecule has 9 heteroatoms. The van der Waals surface area contributed by atoms with Crippen LogP contribution in [0.1, 0.15) is 23.2 Å². The van der Waals surface area contributed by atoms with E-state index in [4.69, 9.17) is 0 Å². The van der Waals surface area contributed by atoms with Crippen molar-refractivity contribution < 1.29 is 9.59 Å². The Hall–Kier alpha value is -3.46. The van der Waals surface area contributed by atoms with Crippen LogP contribution < -0.4 is 15.5 Å². The molecule has 1 aliphatic heterocycles. The highest BCUT2D eigenvalue weighted by Crippen LogP contribution is 2.26. The van der Waals surface area contributed by atoms with Gasteiger partial charge in [0.15, 0.2) is 0 Å². The highest BCUT2D eigenvalue weighted by atomic mass is 16.2. The molecular formula is C22H27N7O2. The monoisotopic (exact) mass is 421 g/mol. The number of H-pyrrole nitrogens is 1. The third-order valence-corrected chi connectivity index (χ3v) is 5.43. The number of rotatable bonds is 6. The first-order chi connectivity index (χ1) is 15.0. The van der Waals surface area contributed by atoms with Crippen molar-refractivity contribution in [1.29, 1.82) is 0 Å². The van der Waals surface area contributed by atoms with E-state index in [1.54, 1.807) is 43.4 Å². The fraction of sp³-hybridized carbons (Fsp3) is 0.364. The number of hydrogen-bond acceptors (Lipinski definition) is 6. The molecule has 1 aromatic carbocycles. The second kappa shape index (κ2) is 9.13. The molecule has 162 valence electrons. The van der Waals surface area contributed by atoms with Gasteiger partial charge in [0.25, 0.3) is 5.91 Å². The second-order valence-electron chi connectivity index (χ2n) is 7.84. The predicted octanol–water partition coefficient (Wildman–Crippen LogP) is 1.86. The highest BCUT2D eigenvalue weighted by molar-refractivity contribution is 6.02. The maximum absolute atomic E-state index is 13.4. The fourth-order valence-corrected chi connectivity index (χ4v) is 3.88. The molecule has 1 unspecified atom stereocenters. The number of benzene rings is 1. The third kappa shape index (κ3) is 4.51. The second-order valence-corrected chi connectivity index (χ2v) is 7.84. The van der Waals surface area contributed by atoms with Crippen LogP contribution in [0, 0.1) is 0 Å². The molecule has 1 fully saturated rings. The van der Waals surface area contributed by atoms with Crippen LogP contribution in [0.4, 0.5) is 11.5 Å². The number of anilines is 2. The average Bonchev–Trinajstić information content (AvgIpc) is 3.28. The number of fused-ring (bicyclic) bond motifs is 1. The maximum atomic E-state index is 13.4. The SMILES string of the molecule is CN(C)C(=O)c1cccc(NCC(=O)N(c2ncnc3[nH]ccc23)C2CCCNC2)c1. The molecule has 1 aliphatic rings. The third-order valence-electron chi connectivity index (χ3n) is 5.43. The maximum Gasteiger partial charge on any atom is 0.253 e. The van der Waals surface area contributed by atoms with E-state index in [1.807, 2.05) is 12.1 Å². The number of nitrogens with one attached hydrogen (secondary N) is 3. The van der Waals surface area contributed by atoms with Crippen molar-refractivity contribution in [3.05, 3.63) is 48.4 Å². The van der Waals surface area contributed by atoms with Gasteiger partial charge in [-0.2, -0.15) is 0 Å². The minimum absolute atomic E-state index is 0.0118. The molecule has 2 aromatic heterocycles. The highest BCUT2D eigenvalue weighted by Gasteiger charge is 2.29. The van der Waals surface area contributed by atoms with E-state index in [2.05, 4.69) is 25.6 Å². The summed E-state index contributed by atoms with van der Waals surface area (Å²) in [4.78, 5) is 40.7. The van der Waals surface area contributed by atoms with E-state index >= 15 is 0 Å². The van der Waals surface area contributed by atoms with E-state index < -0.39 is 0 Å². The molecular weight excluding hydrogens is 394 g/mol.